The van der Waals surface area contributed by atoms with E-state index in [0.29, 0.717) is 19.4 Å². The minimum atomic E-state index is -1.01. The van der Waals surface area contributed by atoms with E-state index < -0.39 is 18.1 Å². The molecule has 8 heteroatoms. The summed E-state index contributed by atoms with van der Waals surface area (Å²) in [5.41, 5.74) is 4.64. The number of rotatable bonds is 7. The van der Waals surface area contributed by atoms with E-state index >= 15 is 0 Å². The van der Waals surface area contributed by atoms with Gasteiger partial charge in [-0.1, -0.05) is 48.5 Å². The minimum Gasteiger partial charge on any atom is -0.480 e. The van der Waals surface area contributed by atoms with Crippen LogP contribution in [0, 0.1) is 11.8 Å². The third-order valence-electron chi connectivity index (χ3n) is 7.26. The van der Waals surface area contributed by atoms with Gasteiger partial charge in [-0.2, -0.15) is 0 Å². The van der Waals surface area contributed by atoms with Crippen molar-refractivity contribution in [1.82, 2.24) is 10.2 Å². The van der Waals surface area contributed by atoms with Crippen LogP contribution in [-0.4, -0.2) is 66.9 Å². The Morgan fingerprint density at radius 3 is 2.29 bits per heavy atom. The van der Waals surface area contributed by atoms with Crippen LogP contribution in [-0.2, 0) is 19.1 Å². The largest absolute Gasteiger partial charge is 0.480 e. The van der Waals surface area contributed by atoms with Crippen molar-refractivity contribution in [2.24, 2.45) is 11.8 Å². The number of aliphatic carboxylic acids is 1. The lowest BCUT2D eigenvalue weighted by atomic mass is 9.98. The molecule has 178 valence electrons. The van der Waals surface area contributed by atoms with Gasteiger partial charge in [0.2, 0.25) is 5.91 Å². The standard InChI is InChI=1S/C26H28N2O6/c1-33-16-11-23(25(30)31)28(13-16)24(29)21-10-15(21)12-27-26(32)34-14-22-19-8-4-2-6-17(19)18-7-3-5-9-20(18)22/h2-9,15-16,21-23H,10-14H2,1H3,(H,27,32)(H,30,31)/t15-,16?,21-,23?/m1/s1. The van der Waals surface area contributed by atoms with Crippen molar-refractivity contribution in [2.75, 3.05) is 26.8 Å². The predicted molar refractivity (Wildman–Crippen MR) is 123 cm³/mol. The molecule has 3 aliphatic rings. The summed E-state index contributed by atoms with van der Waals surface area (Å²) < 4.78 is 10.8. The molecule has 2 aromatic rings. The fourth-order valence-electron chi connectivity index (χ4n) is 5.30. The Kier molecular flexibility index (Phi) is 6.00. The number of carbonyl (C=O) groups is 3. The molecule has 1 aliphatic heterocycles. The van der Waals surface area contributed by atoms with Crippen LogP contribution in [0.15, 0.2) is 48.5 Å². The Bertz CT molecular complexity index is 1070. The quantitative estimate of drug-likeness (QED) is 0.653. The molecular weight excluding hydrogens is 436 g/mol. The van der Waals surface area contributed by atoms with Crippen molar-refractivity contribution in [2.45, 2.75) is 30.9 Å². The van der Waals surface area contributed by atoms with Gasteiger partial charge in [-0.05, 0) is 34.6 Å². The number of carboxylic acids is 1. The fourth-order valence-corrected chi connectivity index (χ4v) is 5.30. The number of methoxy groups -OCH3 is 1. The molecule has 0 spiro atoms. The SMILES string of the molecule is COC1CC(C(=O)O)N(C(=O)[C@@H]2C[C@@H]2CNC(=O)OCC2c3ccccc3-c3ccccc32)C1. The highest BCUT2D eigenvalue weighted by Crippen LogP contribution is 2.44. The molecule has 4 atom stereocenters. The molecule has 2 aromatic carbocycles. The summed E-state index contributed by atoms with van der Waals surface area (Å²) in [6.45, 7) is 0.848. The van der Waals surface area contributed by atoms with Crippen LogP contribution in [0.2, 0.25) is 0 Å². The van der Waals surface area contributed by atoms with E-state index in [4.69, 9.17) is 9.47 Å². The maximum atomic E-state index is 12.8. The molecule has 0 bridgehead atoms. The van der Waals surface area contributed by atoms with Gasteiger partial charge in [0.05, 0.1) is 6.10 Å². The molecule has 1 heterocycles. The minimum absolute atomic E-state index is 0.00903. The summed E-state index contributed by atoms with van der Waals surface area (Å²) in [5, 5.41) is 12.2. The number of amides is 2. The highest BCUT2D eigenvalue weighted by atomic mass is 16.5. The van der Waals surface area contributed by atoms with Crippen molar-refractivity contribution in [1.29, 1.82) is 0 Å². The summed E-state index contributed by atoms with van der Waals surface area (Å²) in [4.78, 5) is 38.2. The number of nitrogens with one attached hydrogen (secondary N) is 1. The van der Waals surface area contributed by atoms with Gasteiger partial charge in [0, 0.05) is 38.5 Å². The molecule has 2 amide bonds. The van der Waals surface area contributed by atoms with Gasteiger partial charge in [-0.15, -0.1) is 0 Å². The molecule has 2 N–H and O–H groups in total. The number of benzene rings is 2. The molecule has 0 radical (unpaired) electrons. The Labute approximate surface area is 197 Å². The zero-order valence-corrected chi connectivity index (χ0v) is 19.0. The number of fused-ring (bicyclic) bond motifs is 3. The molecule has 5 rings (SSSR count). The number of carbonyl (C=O) groups excluding carboxylic acids is 2. The Morgan fingerprint density at radius 1 is 1.03 bits per heavy atom. The summed E-state index contributed by atoms with van der Waals surface area (Å²) in [7, 11) is 1.52. The number of hydrogen-bond donors (Lipinski definition) is 2. The molecule has 8 nitrogen and oxygen atoms in total. The van der Waals surface area contributed by atoms with Crippen molar-refractivity contribution < 1.29 is 29.0 Å². The van der Waals surface area contributed by atoms with Crippen LogP contribution in [0.4, 0.5) is 4.79 Å². The first kappa shape index (κ1) is 22.4. The Balaban J connectivity index is 1.12. The number of nitrogens with zero attached hydrogens (tertiary/aromatic N) is 1. The van der Waals surface area contributed by atoms with Crippen molar-refractivity contribution >= 4 is 18.0 Å². The maximum absolute atomic E-state index is 12.8. The molecule has 2 fully saturated rings. The smallest absolute Gasteiger partial charge is 0.407 e. The van der Waals surface area contributed by atoms with Crippen molar-refractivity contribution in [3.05, 3.63) is 59.7 Å². The molecule has 0 aromatic heterocycles. The highest BCUT2D eigenvalue weighted by Gasteiger charge is 2.49. The van der Waals surface area contributed by atoms with Gasteiger partial charge >= 0.3 is 12.1 Å². The van der Waals surface area contributed by atoms with E-state index in [1.54, 1.807) is 0 Å². The van der Waals surface area contributed by atoms with Gasteiger partial charge in [0.1, 0.15) is 12.6 Å². The normalized spacial score (nSPS) is 24.9. The van der Waals surface area contributed by atoms with Gasteiger partial charge in [0.25, 0.3) is 0 Å². The van der Waals surface area contributed by atoms with E-state index in [2.05, 4.69) is 29.6 Å². The number of hydrogen-bond acceptors (Lipinski definition) is 5. The first-order valence-electron chi connectivity index (χ1n) is 11.6. The van der Waals surface area contributed by atoms with Crippen LogP contribution >= 0.6 is 0 Å². The lowest BCUT2D eigenvalue weighted by Crippen LogP contribution is -2.42. The Morgan fingerprint density at radius 2 is 1.68 bits per heavy atom. The predicted octanol–water partition coefficient (Wildman–Crippen LogP) is 2.86. The third-order valence-corrected chi connectivity index (χ3v) is 7.26. The second-order valence-electron chi connectivity index (χ2n) is 9.25. The van der Waals surface area contributed by atoms with E-state index in [1.165, 1.54) is 23.1 Å². The van der Waals surface area contributed by atoms with E-state index in [-0.39, 0.29) is 42.9 Å². The van der Waals surface area contributed by atoms with Crippen molar-refractivity contribution in [3.63, 3.8) is 0 Å². The summed E-state index contributed by atoms with van der Waals surface area (Å²) in [5.74, 6) is -1.48. The maximum Gasteiger partial charge on any atom is 0.407 e. The lowest BCUT2D eigenvalue weighted by Gasteiger charge is -2.21. The Hall–Kier alpha value is -3.39. The molecular formula is C26H28N2O6. The van der Waals surface area contributed by atoms with E-state index in [9.17, 15) is 19.5 Å². The highest BCUT2D eigenvalue weighted by molar-refractivity contribution is 5.87. The average Bonchev–Trinajstić information content (AvgIpc) is 3.37. The summed E-state index contributed by atoms with van der Waals surface area (Å²) in [6, 6.07) is 15.5. The molecule has 34 heavy (non-hydrogen) atoms. The number of carboxylic acid groups (broad SMARTS) is 1. The second-order valence-corrected chi connectivity index (χ2v) is 9.25. The topological polar surface area (TPSA) is 105 Å². The monoisotopic (exact) mass is 464 g/mol. The van der Waals surface area contributed by atoms with E-state index in [1.807, 2.05) is 24.3 Å². The zero-order valence-electron chi connectivity index (χ0n) is 19.0. The molecule has 2 unspecified atom stereocenters. The number of likely N-dealkylation sites (tertiary alicyclic amines) is 1. The number of ether oxygens (including phenoxy) is 2. The first-order chi connectivity index (χ1) is 16.5. The van der Waals surface area contributed by atoms with Gasteiger partial charge in [-0.25, -0.2) is 9.59 Å². The lowest BCUT2D eigenvalue weighted by molar-refractivity contribution is -0.148. The van der Waals surface area contributed by atoms with Crippen LogP contribution in [0.3, 0.4) is 0 Å². The second kappa shape index (κ2) is 9.10. The summed E-state index contributed by atoms with van der Waals surface area (Å²) >= 11 is 0. The van der Waals surface area contributed by atoms with Crippen LogP contribution in [0.5, 0.6) is 0 Å². The fraction of sp³-hybridized carbons (Fsp3) is 0.423. The molecule has 2 aliphatic carbocycles. The van der Waals surface area contributed by atoms with Gasteiger partial charge in [0.15, 0.2) is 0 Å². The van der Waals surface area contributed by atoms with Crippen molar-refractivity contribution in [3.8, 4) is 11.1 Å². The van der Waals surface area contributed by atoms with Crippen LogP contribution in [0.1, 0.15) is 29.9 Å². The van der Waals surface area contributed by atoms with E-state index in [0.717, 1.165) is 11.1 Å². The molecule has 1 saturated carbocycles. The van der Waals surface area contributed by atoms with Gasteiger partial charge in [-0.3, -0.25) is 4.79 Å². The molecule has 1 saturated heterocycles. The van der Waals surface area contributed by atoms with Crippen LogP contribution < -0.4 is 5.32 Å². The first-order valence-corrected chi connectivity index (χ1v) is 11.6. The third kappa shape index (κ3) is 4.14. The zero-order chi connectivity index (χ0) is 23.8. The number of alkyl carbamates (subject to hydrolysis) is 1. The van der Waals surface area contributed by atoms with Crippen LogP contribution in [0.25, 0.3) is 11.1 Å². The van der Waals surface area contributed by atoms with Gasteiger partial charge < -0.3 is 24.8 Å². The summed E-state index contributed by atoms with van der Waals surface area (Å²) in [6.07, 6.45) is 0.154. The average molecular weight is 465 g/mol.